The van der Waals surface area contributed by atoms with Crippen molar-refractivity contribution < 1.29 is 4.39 Å². The molecule has 1 aliphatic carbocycles. The summed E-state index contributed by atoms with van der Waals surface area (Å²) in [7, 11) is 0. The van der Waals surface area contributed by atoms with Gasteiger partial charge < -0.3 is 5.73 Å². The number of aromatic nitrogens is 3. The molecule has 18 heavy (non-hydrogen) atoms. The molecule has 2 aromatic rings. The maximum atomic E-state index is 13.4. The van der Waals surface area contributed by atoms with Gasteiger partial charge in [0.15, 0.2) is 5.82 Å². The first-order chi connectivity index (χ1) is 8.66. The van der Waals surface area contributed by atoms with Crippen LogP contribution >= 0.6 is 11.6 Å². The highest BCUT2D eigenvalue weighted by Gasteiger charge is 2.30. The van der Waals surface area contributed by atoms with Gasteiger partial charge in [0.25, 0.3) is 0 Å². The summed E-state index contributed by atoms with van der Waals surface area (Å²) in [5.74, 6) is 0.479. The number of nitrogens with two attached hydrogens (primary N) is 1. The minimum Gasteiger partial charge on any atom is -0.381 e. The van der Waals surface area contributed by atoms with E-state index in [1.54, 1.807) is 16.8 Å². The van der Waals surface area contributed by atoms with Crippen LogP contribution in [0.2, 0.25) is 5.02 Å². The van der Waals surface area contributed by atoms with E-state index < -0.39 is 5.82 Å². The minimum atomic E-state index is -0.421. The SMILES string of the molecule is Nc1nnn(Cc2cccc(F)c2Cl)c1C1CC1. The molecule has 1 aliphatic rings. The van der Waals surface area contributed by atoms with E-state index in [1.807, 2.05) is 0 Å². The average Bonchev–Trinajstić information content (AvgIpc) is 3.11. The van der Waals surface area contributed by atoms with E-state index in [0.29, 0.717) is 23.8 Å². The lowest BCUT2D eigenvalue weighted by atomic mass is 10.2. The van der Waals surface area contributed by atoms with Gasteiger partial charge in [0, 0.05) is 5.92 Å². The quantitative estimate of drug-likeness (QED) is 0.929. The number of hydrogen-bond acceptors (Lipinski definition) is 3. The fourth-order valence-electron chi connectivity index (χ4n) is 2.06. The predicted octanol–water partition coefficient (Wildman–Crippen LogP) is 2.58. The third-order valence-electron chi connectivity index (χ3n) is 3.12. The number of nitrogen functional groups attached to an aromatic ring is 1. The molecular formula is C12H12ClFN4. The predicted molar refractivity (Wildman–Crippen MR) is 66.9 cm³/mol. The second-order valence-electron chi connectivity index (χ2n) is 4.50. The molecule has 0 bridgehead atoms. The molecule has 0 atom stereocenters. The molecule has 0 aliphatic heterocycles. The zero-order valence-corrected chi connectivity index (χ0v) is 10.4. The van der Waals surface area contributed by atoms with Crippen molar-refractivity contribution in [3.8, 4) is 0 Å². The van der Waals surface area contributed by atoms with Crippen molar-refractivity contribution in [2.24, 2.45) is 0 Å². The van der Waals surface area contributed by atoms with Gasteiger partial charge in [-0.3, -0.25) is 0 Å². The van der Waals surface area contributed by atoms with Gasteiger partial charge in [-0.25, -0.2) is 9.07 Å². The van der Waals surface area contributed by atoms with Crippen molar-refractivity contribution in [2.45, 2.75) is 25.3 Å². The Morgan fingerprint density at radius 2 is 2.22 bits per heavy atom. The Labute approximate surface area is 109 Å². The lowest BCUT2D eigenvalue weighted by Crippen LogP contribution is -2.07. The Balaban J connectivity index is 1.95. The summed E-state index contributed by atoms with van der Waals surface area (Å²) in [6.45, 7) is 0.395. The van der Waals surface area contributed by atoms with Crippen molar-refractivity contribution in [1.29, 1.82) is 0 Å². The molecule has 4 nitrogen and oxygen atoms in total. The summed E-state index contributed by atoms with van der Waals surface area (Å²) >= 11 is 5.93. The first-order valence-corrected chi connectivity index (χ1v) is 6.16. The first kappa shape index (κ1) is 11.5. The molecule has 1 aromatic carbocycles. The highest BCUT2D eigenvalue weighted by Crippen LogP contribution is 2.42. The summed E-state index contributed by atoms with van der Waals surface area (Å²) in [6, 6.07) is 4.75. The molecule has 0 spiro atoms. The van der Waals surface area contributed by atoms with Gasteiger partial charge in [-0.05, 0) is 24.5 Å². The van der Waals surface area contributed by atoms with Crippen molar-refractivity contribution >= 4 is 17.4 Å². The molecule has 0 amide bonds. The Hall–Kier alpha value is -1.62. The maximum Gasteiger partial charge on any atom is 0.169 e. The summed E-state index contributed by atoms with van der Waals surface area (Å²) in [5, 5.41) is 8.02. The Kier molecular flexibility index (Phi) is 2.70. The molecule has 0 radical (unpaired) electrons. The molecule has 94 valence electrons. The fourth-order valence-corrected chi connectivity index (χ4v) is 2.24. The van der Waals surface area contributed by atoms with Crippen LogP contribution in [0.3, 0.4) is 0 Å². The van der Waals surface area contributed by atoms with Gasteiger partial charge >= 0.3 is 0 Å². The molecule has 0 unspecified atom stereocenters. The van der Waals surface area contributed by atoms with Gasteiger partial charge in [-0.2, -0.15) is 0 Å². The number of anilines is 1. The summed E-state index contributed by atoms with van der Waals surface area (Å²) < 4.78 is 15.1. The van der Waals surface area contributed by atoms with Gasteiger partial charge in [0.2, 0.25) is 0 Å². The van der Waals surface area contributed by atoms with E-state index >= 15 is 0 Å². The van der Waals surface area contributed by atoms with Crippen LogP contribution in [0.5, 0.6) is 0 Å². The summed E-state index contributed by atoms with van der Waals surface area (Å²) in [4.78, 5) is 0. The number of hydrogen-bond donors (Lipinski definition) is 1. The van der Waals surface area contributed by atoms with Crippen molar-refractivity contribution in [3.05, 3.63) is 40.3 Å². The van der Waals surface area contributed by atoms with E-state index in [1.165, 1.54) is 6.07 Å². The van der Waals surface area contributed by atoms with Gasteiger partial charge in [-0.15, -0.1) is 5.10 Å². The van der Waals surface area contributed by atoms with Gasteiger partial charge in [-0.1, -0.05) is 28.9 Å². The van der Waals surface area contributed by atoms with E-state index in [0.717, 1.165) is 18.5 Å². The van der Waals surface area contributed by atoms with E-state index in [-0.39, 0.29) is 5.02 Å². The third kappa shape index (κ3) is 1.95. The van der Waals surface area contributed by atoms with Crippen molar-refractivity contribution in [1.82, 2.24) is 15.0 Å². The van der Waals surface area contributed by atoms with Crippen LogP contribution in [0.1, 0.15) is 30.0 Å². The van der Waals surface area contributed by atoms with Gasteiger partial charge in [0.05, 0.1) is 17.3 Å². The fraction of sp³-hybridized carbons (Fsp3) is 0.333. The highest BCUT2D eigenvalue weighted by atomic mass is 35.5. The third-order valence-corrected chi connectivity index (χ3v) is 3.54. The summed E-state index contributed by atoms with van der Waals surface area (Å²) in [6.07, 6.45) is 2.21. The topological polar surface area (TPSA) is 56.7 Å². The Morgan fingerprint density at radius 1 is 1.44 bits per heavy atom. The number of rotatable bonds is 3. The van der Waals surface area contributed by atoms with Crippen LogP contribution in [0.15, 0.2) is 18.2 Å². The molecule has 6 heteroatoms. The van der Waals surface area contributed by atoms with E-state index in [9.17, 15) is 4.39 Å². The lowest BCUT2D eigenvalue weighted by molar-refractivity contribution is 0.603. The van der Waals surface area contributed by atoms with Crippen LogP contribution in [0, 0.1) is 5.82 Å². The molecule has 1 aromatic heterocycles. The lowest BCUT2D eigenvalue weighted by Gasteiger charge is -2.08. The van der Waals surface area contributed by atoms with Crippen molar-refractivity contribution in [3.63, 3.8) is 0 Å². The largest absolute Gasteiger partial charge is 0.381 e. The Morgan fingerprint density at radius 3 is 2.94 bits per heavy atom. The zero-order chi connectivity index (χ0) is 12.7. The van der Waals surface area contributed by atoms with Crippen LogP contribution in [0.25, 0.3) is 0 Å². The molecule has 1 fully saturated rings. The van der Waals surface area contributed by atoms with Crippen molar-refractivity contribution in [2.75, 3.05) is 5.73 Å². The number of nitrogens with zero attached hydrogens (tertiary/aromatic N) is 3. The van der Waals surface area contributed by atoms with E-state index in [2.05, 4.69) is 10.3 Å². The molecule has 1 saturated carbocycles. The first-order valence-electron chi connectivity index (χ1n) is 5.78. The molecule has 0 saturated heterocycles. The van der Waals surface area contributed by atoms with E-state index in [4.69, 9.17) is 17.3 Å². The molecular weight excluding hydrogens is 255 g/mol. The molecule has 2 N–H and O–H groups in total. The standard InChI is InChI=1S/C12H12ClFN4/c13-10-8(2-1-3-9(10)14)6-18-11(7-4-5-7)12(15)16-17-18/h1-3,7H,4-6,15H2. The van der Waals surface area contributed by atoms with Crippen LogP contribution in [-0.2, 0) is 6.54 Å². The zero-order valence-electron chi connectivity index (χ0n) is 9.61. The average molecular weight is 267 g/mol. The van der Waals surface area contributed by atoms with Gasteiger partial charge in [0.1, 0.15) is 5.82 Å². The Bertz CT molecular complexity index is 592. The number of benzene rings is 1. The smallest absolute Gasteiger partial charge is 0.169 e. The maximum absolute atomic E-state index is 13.4. The second-order valence-corrected chi connectivity index (χ2v) is 4.88. The molecule has 3 rings (SSSR count). The highest BCUT2D eigenvalue weighted by molar-refractivity contribution is 6.31. The monoisotopic (exact) mass is 266 g/mol. The molecule has 1 heterocycles. The summed E-state index contributed by atoms with van der Waals surface area (Å²) in [5.41, 5.74) is 7.43. The second kappa shape index (κ2) is 4.24. The number of halogens is 2. The normalized spacial score (nSPS) is 15.0. The van der Waals surface area contributed by atoms with Crippen LogP contribution in [-0.4, -0.2) is 15.0 Å². The minimum absolute atomic E-state index is 0.133. The van der Waals surface area contributed by atoms with Crippen LogP contribution < -0.4 is 5.73 Å². The van der Waals surface area contributed by atoms with Crippen LogP contribution in [0.4, 0.5) is 10.2 Å².